The van der Waals surface area contributed by atoms with Gasteiger partial charge in [0.25, 0.3) is 0 Å². The van der Waals surface area contributed by atoms with Gasteiger partial charge in [-0.05, 0) is 57.1 Å². The summed E-state index contributed by atoms with van der Waals surface area (Å²) in [5.74, 6) is -0.287. The quantitative estimate of drug-likeness (QED) is 0.804. The molecule has 25 heavy (non-hydrogen) atoms. The molecule has 0 aromatic heterocycles. The number of halogens is 4. The number of likely N-dealkylation sites (N-methyl/N-ethyl adjacent to an activating group) is 1. The van der Waals surface area contributed by atoms with Gasteiger partial charge in [-0.25, -0.2) is 0 Å². The molecule has 142 valence electrons. The third-order valence-corrected chi connectivity index (χ3v) is 4.89. The predicted octanol–water partition coefficient (Wildman–Crippen LogP) is 4.98. The first-order chi connectivity index (χ1) is 11.1. The van der Waals surface area contributed by atoms with Crippen LogP contribution in [0.25, 0.3) is 0 Å². The van der Waals surface area contributed by atoms with Crippen molar-refractivity contribution in [1.29, 1.82) is 0 Å². The summed E-state index contributed by atoms with van der Waals surface area (Å²) in [6.07, 6.45) is -0.544. The smallest absolute Gasteiger partial charge is 0.326 e. The molecular weight excluding hydrogens is 353 g/mol. The summed E-state index contributed by atoms with van der Waals surface area (Å²) >= 11 is 0. The number of rotatable bonds is 3. The van der Waals surface area contributed by atoms with Gasteiger partial charge in [0.05, 0.1) is 5.56 Å². The van der Waals surface area contributed by atoms with E-state index in [2.05, 4.69) is 10.2 Å². The molecule has 0 saturated heterocycles. The molecule has 0 heterocycles. The Balaban J connectivity index is 0.00000312. The highest BCUT2D eigenvalue weighted by molar-refractivity contribution is 5.90. The Kier molecular flexibility index (Phi) is 7.32. The number of hydrogen-bond acceptors (Lipinski definition) is 2. The molecule has 2 rings (SSSR count). The number of anilines is 1. The van der Waals surface area contributed by atoms with Crippen molar-refractivity contribution in [1.82, 2.24) is 4.90 Å². The van der Waals surface area contributed by atoms with Crippen LogP contribution in [0.2, 0.25) is 0 Å². The van der Waals surface area contributed by atoms with E-state index < -0.39 is 11.7 Å². The largest absolute Gasteiger partial charge is 0.416 e. The molecule has 1 aliphatic rings. The second-order valence-corrected chi connectivity index (χ2v) is 6.80. The first-order valence-electron chi connectivity index (χ1n) is 8.27. The maximum absolute atomic E-state index is 13.3. The lowest BCUT2D eigenvalue weighted by atomic mass is 9.76. The molecule has 0 spiro atoms. The van der Waals surface area contributed by atoms with Crippen molar-refractivity contribution in [2.45, 2.75) is 57.7 Å². The lowest BCUT2D eigenvalue weighted by Gasteiger charge is -2.38. The number of hydrogen-bond donors (Lipinski definition) is 1. The fourth-order valence-corrected chi connectivity index (χ4v) is 3.88. The lowest BCUT2D eigenvalue weighted by molar-refractivity contribution is -0.138. The fraction of sp³-hybridized carbons (Fsp3) is 0.611. The minimum absolute atomic E-state index is 0. The molecule has 2 atom stereocenters. The Morgan fingerprint density at radius 1 is 1.20 bits per heavy atom. The highest BCUT2D eigenvalue weighted by Crippen LogP contribution is 2.44. The van der Waals surface area contributed by atoms with Crippen molar-refractivity contribution in [2.24, 2.45) is 0 Å². The van der Waals surface area contributed by atoms with Gasteiger partial charge >= 0.3 is 6.18 Å². The Hall–Kier alpha value is -1.27. The van der Waals surface area contributed by atoms with E-state index in [1.807, 2.05) is 14.1 Å². The van der Waals surface area contributed by atoms with Gasteiger partial charge in [-0.15, -0.1) is 12.4 Å². The van der Waals surface area contributed by atoms with Crippen molar-refractivity contribution >= 4 is 24.0 Å². The summed E-state index contributed by atoms with van der Waals surface area (Å²) < 4.78 is 40.0. The third kappa shape index (κ3) is 4.88. The van der Waals surface area contributed by atoms with Crippen LogP contribution in [-0.4, -0.2) is 30.9 Å². The monoisotopic (exact) mass is 378 g/mol. The number of nitrogens with zero attached hydrogens (tertiary/aromatic N) is 1. The van der Waals surface area contributed by atoms with E-state index >= 15 is 0 Å². The van der Waals surface area contributed by atoms with Crippen LogP contribution in [0, 0.1) is 6.92 Å². The van der Waals surface area contributed by atoms with Crippen LogP contribution in [0.4, 0.5) is 18.9 Å². The summed E-state index contributed by atoms with van der Waals surface area (Å²) in [4.78, 5) is 13.6. The molecule has 1 saturated carbocycles. The minimum atomic E-state index is -4.39. The zero-order valence-electron chi connectivity index (χ0n) is 15.0. The highest BCUT2D eigenvalue weighted by atomic mass is 35.5. The first-order valence-corrected chi connectivity index (χ1v) is 8.27. The SMILES string of the molecule is CC(=O)Nc1ccc(C(F)(F)F)c(C)c1C1CCCCC1N(C)C.Cl. The summed E-state index contributed by atoms with van der Waals surface area (Å²) in [7, 11) is 3.92. The second kappa shape index (κ2) is 8.41. The molecular formula is C18H26ClF3N2O. The summed E-state index contributed by atoms with van der Waals surface area (Å²) in [6, 6.07) is 2.64. The van der Waals surface area contributed by atoms with E-state index in [0.29, 0.717) is 11.3 Å². The summed E-state index contributed by atoms with van der Waals surface area (Å²) in [6.45, 7) is 2.89. The van der Waals surface area contributed by atoms with Gasteiger partial charge < -0.3 is 10.2 Å². The molecule has 2 unspecified atom stereocenters. The summed E-state index contributed by atoms with van der Waals surface area (Å²) in [5, 5.41) is 2.72. The van der Waals surface area contributed by atoms with Gasteiger partial charge in [0, 0.05) is 24.6 Å². The predicted molar refractivity (Wildman–Crippen MR) is 96.4 cm³/mol. The molecule has 1 aliphatic carbocycles. The number of alkyl halides is 3. The number of amides is 1. The van der Waals surface area contributed by atoms with E-state index in [4.69, 9.17) is 0 Å². The van der Waals surface area contributed by atoms with Crippen molar-refractivity contribution < 1.29 is 18.0 Å². The zero-order chi connectivity index (χ0) is 18.1. The number of carbonyl (C=O) groups is 1. The van der Waals surface area contributed by atoms with Crippen molar-refractivity contribution in [2.75, 3.05) is 19.4 Å². The Morgan fingerprint density at radius 2 is 1.80 bits per heavy atom. The van der Waals surface area contributed by atoms with Crippen LogP contribution in [0.15, 0.2) is 12.1 Å². The van der Waals surface area contributed by atoms with E-state index in [-0.39, 0.29) is 35.8 Å². The van der Waals surface area contributed by atoms with Gasteiger partial charge in [-0.3, -0.25) is 4.79 Å². The molecule has 1 aromatic carbocycles. The van der Waals surface area contributed by atoms with Gasteiger partial charge in [0.1, 0.15) is 0 Å². The molecule has 1 amide bonds. The molecule has 1 N–H and O–H groups in total. The van der Waals surface area contributed by atoms with Crippen LogP contribution < -0.4 is 5.32 Å². The topological polar surface area (TPSA) is 32.3 Å². The standard InChI is InChI=1S/C18H25F3N2O.ClH/c1-11-14(18(19,20)21)9-10-15(22-12(2)24)17(11)13-7-5-6-8-16(13)23(3)4;/h9-10,13,16H,5-8H2,1-4H3,(H,22,24);1H. The van der Waals surface area contributed by atoms with E-state index in [9.17, 15) is 18.0 Å². The maximum Gasteiger partial charge on any atom is 0.416 e. The van der Waals surface area contributed by atoms with Crippen molar-refractivity contribution in [3.05, 3.63) is 28.8 Å². The fourth-order valence-electron chi connectivity index (χ4n) is 3.88. The first kappa shape index (κ1) is 21.8. The molecule has 7 heteroatoms. The van der Waals surface area contributed by atoms with Crippen LogP contribution in [0.1, 0.15) is 55.2 Å². The molecule has 0 radical (unpaired) electrons. The third-order valence-electron chi connectivity index (χ3n) is 4.89. The molecule has 3 nitrogen and oxygen atoms in total. The minimum Gasteiger partial charge on any atom is -0.326 e. The number of nitrogens with one attached hydrogen (secondary N) is 1. The van der Waals surface area contributed by atoms with Crippen LogP contribution in [0.3, 0.4) is 0 Å². The zero-order valence-corrected chi connectivity index (χ0v) is 15.9. The lowest BCUT2D eigenvalue weighted by Crippen LogP contribution is -2.37. The van der Waals surface area contributed by atoms with Crippen LogP contribution in [0.5, 0.6) is 0 Å². The van der Waals surface area contributed by atoms with Gasteiger partial charge in [0.2, 0.25) is 5.91 Å². The van der Waals surface area contributed by atoms with Gasteiger partial charge in [0.15, 0.2) is 0 Å². The average Bonchev–Trinajstić information content (AvgIpc) is 2.45. The Labute approximate surface area is 153 Å². The molecule has 0 aliphatic heterocycles. The van der Waals surface area contributed by atoms with Gasteiger partial charge in [-0.2, -0.15) is 13.2 Å². The van der Waals surface area contributed by atoms with Crippen molar-refractivity contribution in [3.63, 3.8) is 0 Å². The second-order valence-electron chi connectivity index (χ2n) is 6.80. The van der Waals surface area contributed by atoms with E-state index in [1.54, 1.807) is 0 Å². The Bertz CT molecular complexity index is 617. The molecule has 1 aromatic rings. The number of benzene rings is 1. The van der Waals surface area contributed by atoms with Crippen molar-refractivity contribution in [3.8, 4) is 0 Å². The summed E-state index contributed by atoms with van der Waals surface area (Å²) in [5.41, 5.74) is 0.757. The van der Waals surface area contributed by atoms with E-state index in [1.165, 1.54) is 19.9 Å². The number of carbonyl (C=O) groups excluding carboxylic acids is 1. The Morgan fingerprint density at radius 3 is 2.32 bits per heavy atom. The van der Waals surface area contributed by atoms with Crippen LogP contribution in [-0.2, 0) is 11.0 Å². The maximum atomic E-state index is 13.3. The van der Waals surface area contributed by atoms with E-state index in [0.717, 1.165) is 31.7 Å². The average molecular weight is 379 g/mol. The molecule has 1 fully saturated rings. The molecule has 0 bridgehead atoms. The van der Waals surface area contributed by atoms with Crippen LogP contribution >= 0.6 is 12.4 Å². The normalized spacial score (nSPS) is 21.0. The highest BCUT2D eigenvalue weighted by Gasteiger charge is 2.37. The van der Waals surface area contributed by atoms with Gasteiger partial charge in [-0.1, -0.05) is 12.8 Å².